The topological polar surface area (TPSA) is 105 Å². The maximum Gasteiger partial charge on any atom is 0.435 e. The Kier molecular flexibility index (Phi) is 3.89. The van der Waals surface area contributed by atoms with Crippen molar-refractivity contribution in [3.05, 3.63) is 11.4 Å². The Hall–Kier alpha value is -2.13. The minimum absolute atomic E-state index is 0.110. The standard InChI is InChI=1S/C8H8F3N3O4/c9-8(10,11)6-5(7(17)18)12-13-14(6)3-1-2-4(15)16/h1-3H2,(H,15,16)(H,17,18). The summed E-state index contributed by atoms with van der Waals surface area (Å²) in [7, 11) is 0. The van der Waals surface area contributed by atoms with E-state index in [1.54, 1.807) is 0 Å². The van der Waals surface area contributed by atoms with E-state index in [0.29, 0.717) is 4.68 Å². The average Bonchev–Trinajstić information content (AvgIpc) is 2.60. The van der Waals surface area contributed by atoms with Crippen molar-refractivity contribution in [3.63, 3.8) is 0 Å². The molecule has 10 heteroatoms. The number of halogens is 3. The maximum absolute atomic E-state index is 12.6. The third-order valence-corrected chi connectivity index (χ3v) is 1.97. The predicted molar refractivity (Wildman–Crippen MR) is 48.9 cm³/mol. The highest BCUT2D eigenvalue weighted by molar-refractivity contribution is 5.86. The van der Waals surface area contributed by atoms with E-state index in [1.165, 1.54) is 0 Å². The quantitative estimate of drug-likeness (QED) is 0.819. The van der Waals surface area contributed by atoms with Gasteiger partial charge in [0.15, 0.2) is 5.69 Å². The highest BCUT2D eigenvalue weighted by atomic mass is 19.4. The Morgan fingerprint density at radius 3 is 2.33 bits per heavy atom. The fourth-order valence-electron chi connectivity index (χ4n) is 1.27. The van der Waals surface area contributed by atoms with Crippen LogP contribution in [0.3, 0.4) is 0 Å². The van der Waals surface area contributed by atoms with Gasteiger partial charge in [0.1, 0.15) is 0 Å². The number of aromatic nitrogens is 3. The first kappa shape index (κ1) is 13.9. The normalized spacial score (nSPS) is 11.5. The molecule has 0 atom stereocenters. The van der Waals surface area contributed by atoms with Crippen molar-refractivity contribution in [2.24, 2.45) is 0 Å². The molecule has 7 nitrogen and oxygen atoms in total. The van der Waals surface area contributed by atoms with Gasteiger partial charge in [0.2, 0.25) is 5.69 Å². The molecule has 0 unspecified atom stereocenters. The number of nitrogens with zero attached hydrogens (tertiary/aromatic N) is 3. The second-order valence-electron chi connectivity index (χ2n) is 3.31. The predicted octanol–water partition coefficient (Wildman–Crippen LogP) is 0.860. The minimum atomic E-state index is -4.92. The molecule has 0 aliphatic heterocycles. The zero-order valence-corrected chi connectivity index (χ0v) is 8.81. The van der Waals surface area contributed by atoms with Crippen LogP contribution in [-0.2, 0) is 17.5 Å². The number of aromatic carboxylic acids is 1. The highest BCUT2D eigenvalue weighted by Crippen LogP contribution is 2.31. The monoisotopic (exact) mass is 267 g/mol. The number of rotatable bonds is 5. The number of carbonyl (C=O) groups is 2. The van der Waals surface area contributed by atoms with Crippen LogP contribution in [0.25, 0.3) is 0 Å². The number of aliphatic carboxylic acids is 1. The summed E-state index contributed by atoms with van der Waals surface area (Å²) >= 11 is 0. The van der Waals surface area contributed by atoms with Crippen molar-refractivity contribution >= 4 is 11.9 Å². The molecule has 0 aliphatic rings. The first-order chi connectivity index (χ1) is 8.23. The summed E-state index contributed by atoms with van der Waals surface area (Å²) in [4.78, 5) is 20.8. The molecule has 18 heavy (non-hydrogen) atoms. The van der Waals surface area contributed by atoms with Crippen LogP contribution in [0.4, 0.5) is 13.2 Å². The highest BCUT2D eigenvalue weighted by Gasteiger charge is 2.41. The molecule has 2 N–H and O–H groups in total. The van der Waals surface area contributed by atoms with Crippen LogP contribution in [0.1, 0.15) is 29.0 Å². The summed E-state index contributed by atoms with van der Waals surface area (Å²) in [6.07, 6.45) is -5.37. The molecule has 0 aliphatic carbocycles. The Morgan fingerprint density at radius 2 is 1.89 bits per heavy atom. The smallest absolute Gasteiger partial charge is 0.435 e. The number of alkyl halides is 3. The summed E-state index contributed by atoms with van der Waals surface area (Å²) in [5, 5.41) is 22.9. The van der Waals surface area contributed by atoms with Gasteiger partial charge >= 0.3 is 18.1 Å². The zero-order chi connectivity index (χ0) is 13.9. The largest absolute Gasteiger partial charge is 0.481 e. The fourth-order valence-corrected chi connectivity index (χ4v) is 1.27. The Balaban J connectivity index is 2.98. The van der Waals surface area contributed by atoms with Gasteiger partial charge in [-0.15, -0.1) is 5.10 Å². The molecule has 1 aromatic rings. The van der Waals surface area contributed by atoms with Gasteiger partial charge in [-0.25, -0.2) is 9.48 Å². The van der Waals surface area contributed by atoms with Gasteiger partial charge in [-0.2, -0.15) is 13.2 Å². The van der Waals surface area contributed by atoms with Gasteiger partial charge in [0.25, 0.3) is 0 Å². The lowest BCUT2D eigenvalue weighted by Gasteiger charge is -2.09. The SMILES string of the molecule is O=C(O)CCCn1nnc(C(=O)O)c1C(F)(F)F. The summed E-state index contributed by atoms with van der Waals surface area (Å²) in [6, 6.07) is 0. The van der Waals surface area contributed by atoms with Crippen molar-refractivity contribution in [3.8, 4) is 0 Å². The lowest BCUT2D eigenvalue weighted by molar-refractivity contribution is -0.144. The molecule has 0 saturated heterocycles. The third kappa shape index (κ3) is 3.18. The van der Waals surface area contributed by atoms with E-state index < -0.39 is 29.5 Å². The van der Waals surface area contributed by atoms with Crippen molar-refractivity contribution in [1.82, 2.24) is 15.0 Å². The molecule has 0 amide bonds. The molecule has 0 fully saturated rings. The van der Waals surface area contributed by atoms with Crippen molar-refractivity contribution < 1.29 is 33.0 Å². The van der Waals surface area contributed by atoms with Gasteiger partial charge in [0.05, 0.1) is 0 Å². The van der Waals surface area contributed by atoms with E-state index in [9.17, 15) is 22.8 Å². The van der Waals surface area contributed by atoms with Crippen LogP contribution >= 0.6 is 0 Å². The molecule has 0 aromatic carbocycles. The lowest BCUT2D eigenvalue weighted by Crippen LogP contribution is -2.18. The first-order valence-corrected chi connectivity index (χ1v) is 4.69. The number of carboxylic acids is 2. The molecule has 100 valence electrons. The molecule has 1 aromatic heterocycles. The molecular formula is C8H8F3N3O4. The van der Waals surface area contributed by atoms with Crippen molar-refractivity contribution in [2.45, 2.75) is 25.6 Å². The van der Waals surface area contributed by atoms with Crippen LogP contribution in [0, 0.1) is 0 Å². The Bertz CT molecular complexity index is 469. The third-order valence-electron chi connectivity index (χ3n) is 1.97. The number of carboxylic acid groups (broad SMARTS) is 2. The van der Waals surface area contributed by atoms with Gasteiger partial charge < -0.3 is 10.2 Å². The van der Waals surface area contributed by atoms with E-state index in [2.05, 4.69) is 10.3 Å². The first-order valence-electron chi connectivity index (χ1n) is 4.69. The van der Waals surface area contributed by atoms with Gasteiger partial charge in [0, 0.05) is 13.0 Å². The molecule has 1 rings (SSSR count). The zero-order valence-electron chi connectivity index (χ0n) is 8.81. The summed E-state index contributed by atoms with van der Waals surface area (Å²) in [5.74, 6) is -3.01. The van der Waals surface area contributed by atoms with Crippen LogP contribution in [0.15, 0.2) is 0 Å². The molecule has 0 saturated carbocycles. The van der Waals surface area contributed by atoms with Gasteiger partial charge in [-0.3, -0.25) is 4.79 Å². The molecule has 0 radical (unpaired) electrons. The van der Waals surface area contributed by atoms with Crippen molar-refractivity contribution in [1.29, 1.82) is 0 Å². The van der Waals surface area contributed by atoms with E-state index in [1.807, 2.05) is 0 Å². The average molecular weight is 267 g/mol. The minimum Gasteiger partial charge on any atom is -0.481 e. The Labute approximate surface area is 97.8 Å². The molecular weight excluding hydrogens is 259 g/mol. The van der Waals surface area contributed by atoms with E-state index in [4.69, 9.17) is 10.2 Å². The second-order valence-corrected chi connectivity index (χ2v) is 3.31. The molecule has 1 heterocycles. The summed E-state index contributed by atoms with van der Waals surface area (Å²) in [5.41, 5.74) is -2.68. The van der Waals surface area contributed by atoms with Crippen molar-refractivity contribution in [2.75, 3.05) is 0 Å². The number of hydrogen-bond acceptors (Lipinski definition) is 4. The van der Waals surface area contributed by atoms with E-state index >= 15 is 0 Å². The Morgan fingerprint density at radius 1 is 1.28 bits per heavy atom. The van der Waals surface area contributed by atoms with Crippen LogP contribution in [-0.4, -0.2) is 37.1 Å². The van der Waals surface area contributed by atoms with Crippen LogP contribution in [0.2, 0.25) is 0 Å². The molecule has 0 spiro atoms. The fraction of sp³-hybridized carbons (Fsp3) is 0.500. The second kappa shape index (κ2) is 5.02. The van der Waals surface area contributed by atoms with E-state index in [-0.39, 0.29) is 19.4 Å². The van der Waals surface area contributed by atoms with Gasteiger partial charge in [-0.05, 0) is 6.42 Å². The number of aryl methyl sites for hydroxylation is 1. The van der Waals surface area contributed by atoms with Crippen LogP contribution in [0.5, 0.6) is 0 Å². The molecule has 0 bridgehead atoms. The summed E-state index contributed by atoms with van der Waals surface area (Å²) < 4.78 is 38.2. The summed E-state index contributed by atoms with van der Waals surface area (Å²) in [6.45, 7) is -0.374. The lowest BCUT2D eigenvalue weighted by atomic mass is 10.2. The maximum atomic E-state index is 12.6. The number of hydrogen-bond donors (Lipinski definition) is 2. The van der Waals surface area contributed by atoms with E-state index in [0.717, 1.165) is 0 Å². The van der Waals surface area contributed by atoms with Gasteiger partial charge in [-0.1, -0.05) is 5.21 Å². The van der Waals surface area contributed by atoms with Crippen LogP contribution < -0.4 is 0 Å².